The van der Waals surface area contributed by atoms with Crippen LogP contribution >= 0.6 is 0 Å². The summed E-state index contributed by atoms with van der Waals surface area (Å²) in [5.41, 5.74) is 1.23. The van der Waals surface area contributed by atoms with Gasteiger partial charge in [0.15, 0.2) is 5.43 Å². The van der Waals surface area contributed by atoms with E-state index in [1.54, 1.807) is 0 Å². The van der Waals surface area contributed by atoms with Gasteiger partial charge in [0, 0.05) is 24.1 Å². The topological polar surface area (TPSA) is 113 Å². The smallest absolute Gasteiger partial charge is 0.341 e. The normalized spacial score (nSPS) is 15.4. The maximum absolute atomic E-state index is 12.7. The van der Waals surface area contributed by atoms with Gasteiger partial charge < -0.3 is 19.1 Å². The maximum Gasteiger partial charge on any atom is 0.341 e. The summed E-state index contributed by atoms with van der Waals surface area (Å²) in [5, 5.41) is 15.3. The molecule has 216 valence electrons. The van der Waals surface area contributed by atoms with E-state index >= 15 is 0 Å². The Morgan fingerprint density at radius 1 is 1.15 bits per heavy atom. The molecule has 9 heteroatoms. The van der Waals surface area contributed by atoms with Crippen LogP contribution in [0.4, 0.5) is 0 Å². The van der Waals surface area contributed by atoms with E-state index in [2.05, 4.69) is 20.8 Å². The molecule has 1 aliphatic heterocycles. The number of ether oxygens (including phenoxy) is 2. The number of benzene rings is 1. The van der Waals surface area contributed by atoms with Gasteiger partial charge in [0.1, 0.15) is 16.8 Å². The van der Waals surface area contributed by atoms with Crippen molar-refractivity contribution in [3.05, 3.63) is 46.2 Å². The van der Waals surface area contributed by atoms with E-state index in [0.29, 0.717) is 31.0 Å². The number of hydrogen-bond acceptors (Lipinski definition) is 6. The average molecular weight is 552 g/mol. The highest BCUT2D eigenvalue weighted by Crippen LogP contribution is 2.43. The lowest BCUT2D eigenvalue weighted by Crippen LogP contribution is -2.35. The van der Waals surface area contributed by atoms with Gasteiger partial charge in [-0.1, -0.05) is 59.1 Å². The van der Waals surface area contributed by atoms with Crippen molar-refractivity contribution in [2.24, 2.45) is 5.41 Å². The van der Waals surface area contributed by atoms with Crippen LogP contribution in [0.2, 0.25) is 0 Å². The number of nitrogens with zero attached hydrogens (tertiary/aromatic N) is 3. The third-order valence-electron chi connectivity index (χ3n) is 7.66. The molecule has 0 spiro atoms. The molecule has 1 N–H and O–H groups in total. The first-order valence-electron chi connectivity index (χ1n) is 14.3. The van der Waals surface area contributed by atoms with Crippen LogP contribution in [-0.4, -0.2) is 44.1 Å². The summed E-state index contributed by atoms with van der Waals surface area (Å²) in [6.07, 6.45) is 7.51. The molecule has 9 nitrogen and oxygen atoms in total. The van der Waals surface area contributed by atoms with Crippen LogP contribution in [0, 0.1) is 5.41 Å². The first-order chi connectivity index (χ1) is 19.0. The van der Waals surface area contributed by atoms with E-state index < -0.39 is 11.4 Å². The molecule has 3 heterocycles. The fourth-order valence-electron chi connectivity index (χ4n) is 5.20. The van der Waals surface area contributed by atoms with E-state index in [-0.39, 0.29) is 29.1 Å². The molecule has 0 amide bonds. The number of hydrogen-bond donors (Lipinski definition) is 1. The second-order valence-corrected chi connectivity index (χ2v) is 11.8. The van der Waals surface area contributed by atoms with Gasteiger partial charge in [0.05, 0.1) is 36.7 Å². The van der Waals surface area contributed by atoms with Crippen molar-refractivity contribution in [2.45, 2.75) is 98.3 Å². The second kappa shape index (κ2) is 12.3. The lowest BCUT2D eigenvalue weighted by atomic mass is 9.85. The van der Waals surface area contributed by atoms with Crippen LogP contribution in [0.1, 0.15) is 96.0 Å². The molecule has 1 aromatic carbocycles. The summed E-state index contributed by atoms with van der Waals surface area (Å²) >= 11 is 0. The van der Waals surface area contributed by atoms with Crippen molar-refractivity contribution < 1.29 is 24.2 Å². The minimum atomic E-state index is -1.23. The van der Waals surface area contributed by atoms with Gasteiger partial charge in [0.2, 0.25) is 0 Å². The van der Waals surface area contributed by atoms with Crippen LogP contribution in [0.3, 0.4) is 0 Å². The number of esters is 1. The van der Waals surface area contributed by atoms with Crippen LogP contribution in [0.5, 0.6) is 5.75 Å². The molecule has 0 bridgehead atoms. The highest BCUT2D eigenvalue weighted by molar-refractivity contribution is 5.96. The summed E-state index contributed by atoms with van der Waals surface area (Å²) < 4.78 is 15.3. The fraction of sp³-hybridized carbons (Fsp3) is 0.548. The zero-order valence-electron chi connectivity index (χ0n) is 24.2. The van der Waals surface area contributed by atoms with Crippen LogP contribution in [0.15, 0.2) is 35.3 Å². The van der Waals surface area contributed by atoms with Gasteiger partial charge in [0.25, 0.3) is 0 Å². The first-order valence-corrected chi connectivity index (χ1v) is 14.3. The average Bonchev–Trinajstić information content (AvgIpc) is 3.28. The monoisotopic (exact) mass is 551 g/mol. The van der Waals surface area contributed by atoms with E-state index in [9.17, 15) is 19.5 Å². The van der Waals surface area contributed by atoms with Crippen molar-refractivity contribution in [2.75, 3.05) is 6.61 Å². The zero-order chi connectivity index (χ0) is 29.0. The van der Waals surface area contributed by atoms with Gasteiger partial charge in [-0.2, -0.15) is 5.10 Å². The maximum atomic E-state index is 12.7. The molecule has 0 fully saturated rings. The number of carbonyl (C=O) groups excluding carboxylic acids is 1. The molecule has 1 aliphatic rings. The predicted molar refractivity (Wildman–Crippen MR) is 154 cm³/mol. The Morgan fingerprint density at radius 3 is 2.58 bits per heavy atom. The molecule has 3 aromatic rings. The van der Waals surface area contributed by atoms with E-state index in [1.165, 1.54) is 12.3 Å². The van der Waals surface area contributed by atoms with E-state index in [0.717, 1.165) is 55.1 Å². The Morgan fingerprint density at radius 2 is 1.88 bits per heavy atom. The Hall–Kier alpha value is -3.62. The lowest BCUT2D eigenvalue weighted by molar-refractivity contribution is -0.148. The molecule has 0 unspecified atom stereocenters. The first kappa shape index (κ1) is 29.4. The number of carboxylic acid groups (broad SMARTS) is 1. The summed E-state index contributed by atoms with van der Waals surface area (Å²) in [4.78, 5) is 36.2. The van der Waals surface area contributed by atoms with Crippen molar-refractivity contribution in [1.82, 2.24) is 14.3 Å². The molecule has 4 rings (SSSR count). The highest BCUT2D eigenvalue weighted by atomic mass is 16.5. The quantitative estimate of drug-likeness (QED) is 0.210. The Balaban J connectivity index is 1.44. The number of carbonyl (C=O) groups is 2. The van der Waals surface area contributed by atoms with Crippen LogP contribution in [0.25, 0.3) is 22.3 Å². The molecule has 40 heavy (non-hydrogen) atoms. The summed E-state index contributed by atoms with van der Waals surface area (Å²) in [7, 11) is 0. The molecule has 0 radical (unpaired) electrons. The molecule has 2 aromatic heterocycles. The van der Waals surface area contributed by atoms with Crippen molar-refractivity contribution >= 4 is 22.8 Å². The number of aromatic nitrogens is 3. The number of pyridine rings is 1. The molecule has 2 atom stereocenters. The summed E-state index contributed by atoms with van der Waals surface area (Å²) in [5.74, 6) is -0.649. The number of unbranched alkanes of at least 4 members (excludes halogenated alkanes) is 4. The molecule has 0 saturated heterocycles. The van der Waals surface area contributed by atoms with E-state index in [4.69, 9.17) is 14.6 Å². The van der Waals surface area contributed by atoms with E-state index in [1.807, 2.05) is 41.3 Å². The fourth-order valence-corrected chi connectivity index (χ4v) is 5.20. The van der Waals surface area contributed by atoms with Crippen LogP contribution in [-0.2, 0) is 16.1 Å². The number of aromatic carboxylic acids is 1. The number of fused-ring (bicyclic) bond motifs is 5. The summed E-state index contributed by atoms with van der Waals surface area (Å²) in [6, 6.07) is 7.12. The van der Waals surface area contributed by atoms with Gasteiger partial charge in [-0.05, 0) is 37.7 Å². The molecular formula is C31H41N3O6. The van der Waals surface area contributed by atoms with Gasteiger partial charge in [-0.3, -0.25) is 14.3 Å². The zero-order valence-corrected chi connectivity index (χ0v) is 24.2. The van der Waals surface area contributed by atoms with Crippen molar-refractivity contribution in [1.29, 1.82) is 0 Å². The molecule has 0 aliphatic carbocycles. The van der Waals surface area contributed by atoms with Crippen molar-refractivity contribution in [3.8, 4) is 17.1 Å². The number of carboxylic acids is 1. The Bertz CT molecular complexity index is 1430. The Labute approximate surface area is 235 Å². The van der Waals surface area contributed by atoms with Gasteiger partial charge in [-0.25, -0.2) is 4.79 Å². The Kier molecular flexibility index (Phi) is 9.01. The molecular weight excluding hydrogens is 510 g/mol. The predicted octanol–water partition coefficient (Wildman–Crippen LogP) is 6.23. The standard InChI is InChI=1S/C31H41N3O6/c1-6-20(2)40-27(36)15-10-8-7-9-11-16-39-25-14-12-13-21-28(25)32-34-19-26(31(3,4)5)33-18-22(30(37)38)24(35)17-23(33)29(21)34/h12-14,17-18,20,26H,6-11,15-16,19H2,1-5H3,(H,37,38)/t20-,26+/m1/s1. The minimum absolute atomic E-state index is 0.0164. The third kappa shape index (κ3) is 6.40. The lowest BCUT2D eigenvalue weighted by Gasteiger charge is -2.38. The SMILES string of the molecule is CC[C@@H](C)OC(=O)CCCCCCCOc1cccc2c3n(nc12)C[C@@H](C(C)(C)C)n1cc(C(=O)O)c(=O)cc1-3. The number of rotatable bonds is 12. The largest absolute Gasteiger partial charge is 0.491 e. The van der Waals surface area contributed by atoms with Gasteiger partial charge >= 0.3 is 11.9 Å². The summed E-state index contributed by atoms with van der Waals surface area (Å²) in [6.45, 7) is 11.3. The molecule has 0 saturated carbocycles. The van der Waals surface area contributed by atoms with Gasteiger partial charge in [-0.15, -0.1) is 0 Å². The second-order valence-electron chi connectivity index (χ2n) is 11.8. The van der Waals surface area contributed by atoms with Crippen molar-refractivity contribution in [3.63, 3.8) is 0 Å². The minimum Gasteiger partial charge on any atom is -0.491 e. The highest BCUT2D eigenvalue weighted by Gasteiger charge is 2.35. The van der Waals surface area contributed by atoms with Crippen LogP contribution < -0.4 is 10.2 Å². The third-order valence-corrected chi connectivity index (χ3v) is 7.66.